The largest absolute Gasteiger partial charge is 0.0620 e. The van der Waals surface area contributed by atoms with Crippen LogP contribution in [0.5, 0.6) is 11.5 Å². The van der Waals surface area contributed by atoms with Crippen LogP contribution < -0.4 is 4.74 Å². The summed E-state index contributed by atoms with van der Waals surface area (Å²) in [5.41, 5.74) is 10.3. The van der Waals surface area contributed by atoms with Gasteiger partial charge in [-0.25, -0.2) is 0 Å². The minimum Gasteiger partial charge on any atom is 0.0620 e. The Bertz CT molecular complexity index is 3270. The van der Waals surface area contributed by atoms with Crippen molar-refractivity contribution in [2.75, 3.05) is 0 Å². The number of benzene rings is 6. The molecule has 0 bridgehead atoms. The molecule has 6 nitrogen and oxygen atoms in total. The first-order valence-corrected chi connectivity index (χ1v) is 18.2. The van der Waals surface area contributed by atoms with E-state index in [1.165, 1.54) is 49.0 Å². The van der Waals surface area contributed by atoms with Crippen molar-refractivity contribution in [1.29, 1.82) is 0 Å². The van der Waals surface area contributed by atoms with Gasteiger partial charge in [0.15, 0.2) is 0 Å². The summed E-state index contributed by atoms with van der Waals surface area (Å²) in [6.45, 7) is 2.10. The average molecular weight is 839 g/mol. The summed E-state index contributed by atoms with van der Waals surface area (Å²) in [7, 11) is 2.11. The van der Waals surface area contributed by atoms with E-state index >= 15 is 0 Å². The Morgan fingerprint density at radius 1 is 0.549 bits per heavy atom. The molecule has 7 heteroatoms. The van der Waals surface area contributed by atoms with Crippen LogP contribution >= 0.6 is 0 Å². The SMILES string of the molecule is Cc1ccc(-n2[c](=[Pt])n(C)c3ccccc32)cc1Oc1ccc2c3cc4c5cccc6c7ccccc7n(c4cc3n(-c3ccccn3)c2c1)c65. The van der Waals surface area contributed by atoms with Crippen LogP contribution in [0, 0.1) is 10.7 Å². The Morgan fingerprint density at radius 3 is 2.10 bits per heavy atom. The van der Waals surface area contributed by atoms with E-state index in [-0.39, 0.29) is 0 Å². The van der Waals surface area contributed by atoms with E-state index in [0.717, 1.165) is 54.3 Å². The van der Waals surface area contributed by atoms with E-state index in [2.05, 4.69) is 173 Å². The molecule has 0 atom stereocenters. The van der Waals surface area contributed by atoms with Gasteiger partial charge in [0, 0.05) is 27.7 Å². The second-order valence-corrected chi connectivity index (χ2v) is 14.3. The smallest absolute Gasteiger partial charge is 0.0620 e. The van der Waals surface area contributed by atoms with Gasteiger partial charge in [0.2, 0.25) is 0 Å². The van der Waals surface area contributed by atoms with Crippen molar-refractivity contribution in [3.63, 3.8) is 0 Å². The summed E-state index contributed by atoms with van der Waals surface area (Å²) in [6, 6.07) is 47.6. The Labute approximate surface area is 302 Å². The Kier molecular flexibility index (Phi) is 5.95. The summed E-state index contributed by atoms with van der Waals surface area (Å²) in [5, 5.41) is 7.44. The fourth-order valence-electron chi connectivity index (χ4n) is 8.19. The maximum absolute atomic E-state index is 6.77. The number of fused-ring (bicyclic) bond motifs is 10. The number of para-hydroxylation sites is 4. The summed E-state index contributed by atoms with van der Waals surface area (Å²) >= 11 is 2.40. The molecule has 51 heavy (non-hydrogen) atoms. The Balaban J connectivity index is 1.13. The van der Waals surface area contributed by atoms with Gasteiger partial charge in [-0.15, -0.1) is 0 Å². The first-order valence-electron chi connectivity index (χ1n) is 17.0. The second kappa shape index (κ2) is 10.5. The maximum Gasteiger partial charge on any atom is 0.0620 e. The van der Waals surface area contributed by atoms with Crippen LogP contribution in [0.2, 0.25) is 0 Å². The molecule has 5 aromatic heterocycles. The van der Waals surface area contributed by atoms with E-state index in [1.54, 1.807) is 0 Å². The number of aromatic nitrogens is 5. The van der Waals surface area contributed by atoms with Gasteiger partial charge >= 0.3 is 201 Å². The molecule has 0 radical (unpaired) electrons. The molecule has 0 spiro atoms. The average Bonchev–Trinajstić information content (AvgIpc) is 3.86. The fraction of sp³-hybridized carbons (Fsp3) is 0.0455. The van der Waals surface area contributed by atoms with E-state index in [0.29, 0.717) is 0 Å². The van der Waals surface area contributed by atoms with Gasteiger partial charge in [0.1, 0.15) is 0 Å². The van der Waals surface area contributed by atoms with Gasteiger partial charge in [0.25, 0.3) is 0 Å². The van der Waals surface area contributed by atoms with E-state index in [4.69, 9.17) is 9.72 Å². The van der Waals surface area contributed by atoms with Crippen LogP contribution in [0.15, 0.2) is 140 Å². The van der Waals surface area contributed by atoms with Crippen LogP contribution in [0.4, 0.5) is 0 Å². The van der Waals surface area contributed by atoms with Crippen molar-refractivity contribution in [2.24, 2.45) is 7.05 Å². The van der Waals surface area contributed by atoms with Crippen molar-refractivity contribution >= 4 is 70.9 Å². The first-order chi connectivity index (χ1) is 25.0. The van der Waals surface area contributed by atoms with Crippen molar-refractivity contribution in [3.8, 4) is 23.0 Å². The van der Waals surface area contributed by atoms with Crippen molar-refractivity contribution in [3.05, 3.63) is 149 Å². The third kappa shape index (κ3) is 3.97. The number of pyridine rings is 1. The summed E-state index contributed by atoms with van der Waals surface area (Å²) in [5.74, 6) is 2.47. The molecule has 6 aromatic carbocycles. The van der Waals surface area contributed by atoms with E-state index in [9.17, 15) is 0 Å². The minimum atomic E-state index is 0.775. The van der Waals surface area contributed by atoms with Crippen LogP contribution in [-0.4, -0.2) is 23.1 Å². The fourth-order valence-corrected chi connectivity index (χ4v) is 9.03. The Morgan fingerprint density at radius 2 is 1.25 bits per heavy atom. The molecule has 246 valence electrons. The summed E-state index contributed by atoms with van der Waals surface area (Å²) < 4.78 is 17.1. The predicted molar refractivity (Wildman–Crippen MR) is 204 cm³/mol. The topological polar surface area (TPSA) is 41.3 Å². The van der Waals surface area contributed by atoms with Crippen molar-refractivity contribution in [1.82, 2.24) is 23.1 Å². The summed E-state index contributed by atoms with van der Waals surface area (Å²) in [4.78, 5) is 4.85. The normalized spacial score (nSPS) is 12.2. The standard InChI is InChI=1S/C44H29N5O.Pt/c1-27-17-18-28(47-26-46(2)37-14-5-6-15-38(37)47)22-42(27)50-29-19-20-31-34-24-35-33-12-9-11-32-30-10-3-4-13-36(30)49(44(32)33)41(35)25-40(34)48(39(31)23-29)43-16-7-8-21-45-43;/h3-25H,1-2H3;. The monoisotopic (exact) mass is 838 g/mol. The molecule has 0 unspecified atom stereocenters. The molecule has 11 rings (SSSR count). The molecule has 0 aliphatic heterocycles. The first kappa shape index (κ1) is 28.8. The van der Waals surface area contributed by atoms with E-state index in [1.807, 2.05) is 18.3 Å². The second-order valence-electron chi connectivity index (χ2n) is 13.3. The van der Waals surface area contributed by atoms with Crippen LogP contribution in [0.1, 0.15) is 5.56 Å². The zero-order valence-electron chi connectivity index (χ0n) is 27.7. The molecule has 0 aliphatic rings. The van der Waals surface area contributed by atoms with Crippen molar-refractivity contribution in [2.45, 2.75) is 6.92 Å². The van der Waals surface area contributed by atoms with Gasteiger partial charge in [-0.1, -0.05) is 42.5 Å². The predicted octanol–water partition coefficient (Wildman–Crippen LogP) is 10.8. The molecule has 0 fully saturated rings. The third-order valence-corrected chi connectivity index (χ3v) is 11.8. The number of hydrogen-bond acceptors (Lipinski definition) is 2. The van der Waals surface area contributed by atoms with Gasteiger partial charge in [-0.05, 0) is 12.1 Å². The van der Waals surface area contributed by atoms with E-state index < -0.39 is 0 Å². The molecule has 0 aliphatic carbocycles. The van der Waals surface area contributed by atoms with Gasteiger partial charge in [-0.2, -0.15) is 0 Å². The van der Waals surface area contributed by atoms with Crippen LogP contribution in [0.3, 0.4) is 0 Å². The molecule has 0 saturated carbocycles. The minimum absolute atomic E-state index is 0.775. The zero-order valence-corrected chi connectivity index (χ0v) is 30.0. The number of ether oxygens (including phenoxy) is 1. The number of aryl methyl sites for hydroxylation is 2. The Hall–Kier alpha value is -5.97. The van der Waals surface area contributed by atoms with Crippen LogP contribution in [-0.2, 0) is 26.4 Å². The molecule has 0 saturated heterocycles. The number of hydrogen-bond donors (Lipinski definition) is 0. The maximum atomic E-state index is 6.77. The quantitative estimate of drug-likeness (QED) is 0.177. The third-order valence-electron chi connectivity index (χ3n) is 10.5. The molecule has 0 N–H and O–H groups in total. The zero-order chi connectivity index (χ0) is 34.0. The molecule has 5 heterocycles. The van der Waals surface area contributed by atoms with Crippen LogP contribution in [0.25, 0.3) is 82.4 Å². The molecular weight excluding hydrogens is 810 g/mol. The molecule has 11 aromatic rings. The number of imidazole rings is 1. The molecule has 0 amide bonds. The molecular formula is C44H29N5OPt. The number of nitrogens with zero attached hydrogens (tertiary/aromatic N) is 5. The van der Waals surface area contributed by atoms with Gasteiger partial charge in [0.05, 0.1) is 16.6 Å². The van der Waals surface area contributed by atoms with Gasteiger partial charge in [-0.3, -0.25) is 0 Å². The van der Waals surface area contributed by atoms with Gasteiger partial charge < -0.3 is 4.40 Å². The summed E-state index contributed by atoms with van der Waals surface area (Å²) in [6.07, 6.45) is 1.86. The number of rotatable bonds is 4. The van der Waals surface area contributed by atoms with Crippen molar-refractivity contribution < 1.29 is 24.1 Å².